The highest BCUT2D eigenvalue weighted by molar-refractivity contribution is 9.10. The molecule has 0 aliphatic heterocycles. The number of rotatable bonds is 4. The smallest absolute Gasteiger partial charge is 0.256 e. The Morgan fingerprint density at radius 3 is 2.12 bits per heavy atom. The van der Waals surface area contributed by atoms with Crippen molar-refractivity contribution in [1.82, 2.24) is 10.2 Å². The molecule has 120 valence electrons. The van der Waals surface area contributed by atoms with Gasteiger partial charge in [-0.25, -0.2) is 0 Å². The van der Waals surface area contributed by atoms with Gasteiger partial charge in [0.05, 0.1) is 0 Å². The van der Waals surface area contributed by atoms with Crippen LogP contribution in [0, 0.1) is 6.92 Å². The molecule has 1 aromatic heterocycles. The fraction of sp³-hybridized carbons (Fsp3) is 0.0556. The number of anilines is 3. The van der Waals surface area contributed by atoms with Crippen LogP contribution in [0.1, 0.15) is 15.9 Å². The third kappa shape index (κ3) is 4.17. The van der Waals surface area contributed by atoms with Crippen LogP contribution in [0.5, 0.6) is 0 Å². The van der Waals surface area contributed by atoms with Gasteiger partial charge < -0.3 is 10.6 Å². The highest BCUT2D eigenvalue weighted by Gasteiger charge is 2.07. The molecule has 0 aliphatic carbocycles. The standard InChI is InChI=1S/C18H15BrN4O/c1-12-2-8-15(9-3-12)20-16-10-11-17(23-22-16)21-18(24)13-4-6-14(19)7-5-13/h2-11H,1H3,(H,20,22)(H,21,23,24). The molecule has 0 unspecified atom stereocenters. The summed E-state index contributed by atoms with van der Waals surface area (Å²) in [6.45, 7) is 2.03. The van der Waals surface area contributed by atoms with Crippen molar-refractivity contribution in [3.63, 3.8) is 0 Å². The van der Waals surface area contributed by atoms with Gasteiger partial charge in [0.15, 0.2) is 11.6 Å². The van der Waals surface area contributed by atoms with Crippen LogP contribution in [0.15, 0.2) is 65.1 Å². The fourth-order valence-electron chi connectivity index (χ4n) is 2.04. The largest absolute Gasteiger partial charge is 0.339 e. The van der Waals surface area contributed by atoms with Crippen LogP contribution >= 0.6 is 15.9 Å². The van der Waals surface area contributed by atoms with E-state index in [1.54, 1.807) is 24.3 Å². The van der Waals surface area contributed by atoms with E-state index in [9.17, 15) is 4.79 Å². The molecule has 0 bridgehead atoms. The Kier molecular flexibility index (Phi) is 4.86. The number of benzene rings is 2. The van der Waals surface area contributed by atoms with Crippen LogP contribution in [-0.2, 0) is 0 Å². The maximum Gasteiger partial charge on any atom is 0.256 e. The van der Waals surface area contributed by atoms with Crippen LogP contribution in [-0.4, -0.2) is 16.1 Å². The molecular weight excluding hydrogens is 368 g/mol. The van der Waals surface area contributed by atoms with Crippen molar-refractivity contribution in [3.05, 3.63) is 76.3 Å². The molecule has 0 atom stereocenters. The van der Waals surface area contributed by atoms with Gasteiger partial charge >= 0.3 is 0 Å². The Bertz CT molecular complexity index is 830. The first-order valence-corrected chi connectivity index (χ1v) is 8.14. The third-order valence-electron chi connectivity index (χ3n) is 3.34. The summed E-state index contributed by atoms with van der Waals surface area (Å²) in [5.41, 5.74) is 2.68. The number of aromatic nitrogens is 2. The van der Waals surface area contributed by atoms with Crippen molar-refractivity contribution in [2.75, 3.05) is 10.6 Å². The van der Waals surface area contributed by atoms with Crippen LogP contribution in [0.4, 0.5) is 17.3 Å². The third-order valence-corrected chi connectivity index (χ3v) is 3.87. The molecule has 5 nitrogen and oxygen atoms in total. The van der Waals surface area contributed by atoms with Gasteiger partial charge in [0, 0.05) is 15.7 Å². The number of hydrogen-bond acceptors (Lipinski definition) is 4. The van der Waals surface area contributed by atoms with E-state index in [4.69, 9.17) is 0 Å². The minimum absolute atomic E-state index is 0.226. The molecule has 6 heteroatoms. The highest BCUT2D eigenvalue weighted by atomic mass is 79.9. The van der Waals surface area contributed by atoms with E-state index < -0.39 is 0 Å². The van der Waals surface area contributed by atoms with Crippen molar-refractivity contribution in [3.8, 4) is 0 Å². The van der Waals surface area contributed by atoms with E-state index in [0.717, 1.165) is 10.2 Å². The zero-order chi connectivity index (χ0) is 16.9. The van der Waals surface area contributed by atoms with Crippen molar-refractivity contribution in [2.45, 2.75) is 6.92 Å². The maximum atomic E-state index is 12.1. The number of hydrogen-bond donors (Lipinski definition) is 2. The number of halogens is 1. The van der Waals surface area contributed by atoms with Crippen molar-refractivity contribution in [2.24, 2.45) is 0 Å². The van der Waals surface area contributed by atoms with E-state index in [1.807, 2.05) is 43.3 Å². The second kappa shape index (κ2) is 7.23. The zero-order valence-electron chi connectivity index (χ0n) is 13.0. The SMILES string of the molecule is Cc1ccc(Nc2ccc(NC(=O)c3ccc(Br)cc3)nn2)cc1. The summed E-state index contributed by atoms with van der Waals surface area (Å²) in [7, 11) is 0. The Balaban J connectivity index is 1.64. The van der Waals surface area contributed by atoms with Gasteiger partial charge in [-0.3, -0.25) is 4.79 Å². The summed E-state index contributed by atoms with van der Waals surface area (Å²) in [6, 6.07) is 18.6. The predicted molar refractivity (Wildman–Crippen MR) is 98.6 cm³/mol. The predicted octanol–water partition coefficient (Wildman–Crippen LogP) is 4.54. The van der Waals surface area contributed by atoms with E-state index in [0.29, 0.717) is 17.2 Å². The summed E-state index contributed by atoms with van der Waals surface area (Å²) in [5.74, 6) is 0.786. The molecule has 0 spiro atoms. The van der Waals surface area contributed by atoms with E-state index in [-0.39, 0.29) is 5.91 Å². The van der Waals surface area contributed by atoms with Crippen LogP contribution in [0.2, 0.25) is 0 Å². The summed E-state index contributed by atoms with van der Waals surface area (Å²) in [6.07, 6.45) is 0. The van der Waals surface area contributed by atoms with Crippen LogP contribution in [0.3, 0.4) is 0 Å². The Morgan fingerprint density at radius 2 is 1.50 bits per heavy atom. The Labute approximate surface area is 148 Å². The second-order valence-electron chi connectivity index (χ2n) is 5.26. The number of carbonyl (C=O) groups is 1. The van der Waals surface area contributed by atoms with Gasteiger partial charge in [0.25, 0.3) is 5.91 Å². The number of nitrogens with one attached hydrogen (secondary N) is 2. The lowest BCUT2D eigenvalue weighted by molar-refractivity contribution is 0.102. The van der Waals surface area contributed by atoms with Crippen LogP contribution < -0.4 is 10.6 Å². The lowest BCUT2D eigenvalue weighted by atomic mass is 10.2. The Hall–Kier alpha value is -2.73. The molecule has 0 saturated carbocycles. The first-order chi connectivity index (χ1) is 11.6. The molecule has 3 rings (SSSR count). The topological polar surface area (TPSA) is 66.9 Å². The molecule has 1 heterocycles. The summed E-state index contributed by atoms with van der Waals surface area (Å²) in [4.78, 5) is 12.1. The van der Waals surface area contributed by atoms with Crippen LogP contribution in [0.25, 0.3) is 0 Å². The molecule has 0 radical (unpaired) electrons. The molecule has 0 saturated heterocycles. The number of nitrogens with zero attached hydrogens (tertiary/aromatic N) is 2. The molecular formula is C18H15BrN4O. The number of amides is 1. The molecule has 2 aromatic carbocycles. The zero-order valence-corrected chi connectivity index (χ0v) is 14.5. The summed E-state index contributed by atoms with van der Waals surface area (Å²) in [5, 5.41) is 14.0. The second-order valence-corrected chi connectivity index (χ2v) is 6.17. The highest BCUT2D eigenvalue weighted by Crippen LogP contribution is 2.16. The number of carbonyl (C=O) groups excluding carboxylic acids is 1. The van der Waals surface area contributed by atoms with E-state index in [2.05, 4.69) is 36.8 Å². The summed E-state index contributed by atoms with van der Waals surface area (Å²) < 4.78 is 0.922. The minimum Gasteiger partial charge on any atom is -0.339 e. The van der Waals surface area contributed by atoms with Gasteiger partial charge in [0.2, 0.25) is 0 Å². The summed E-state index contributed by atoms with van der Waals surface area (Å²) >= 11 is 3.34. The molecule has 24 heavy (non-hydrogen) atoms. The Morgan fingerprint density at radius 1 is 0.875 bits per heavy atom. The average molecular weight is 383 g/mol. The first-order valence-electron chi connectivity index (χ1n) is 7.34. The minimum atomic E-state index is -0.226. The maximum absolute atomic E-state index is 12.1. The van der Waals surface area contributed by atoms with Gasteiger partial charge in [-0.1, -0.05) is 33.6 Å². The molecule has 1 amide bonds. The monoisotopic (exact) mass is 382 g/mol. The molecule has 0 aliphatic rings. The molecule has 0 fully saturated rings. The quantitative estimate of drug-likeness (QED) is 0.694. The van der Waals surface area contributed by atoms with Gasteiger partial charge in [-0.2, -0.15) is 0 Å². The molecule has 3 aromatic rings. The first kappa shape index (κ1) is 16.1. The average Bonchev–Trinajstić information content (AvgIpc) is 2.59. The lowest BCUT2D eigenvalue weighted by Gasteiger charge is -2.07. The lowest BCUT2D eigenvalue weighted by Crippen LogP contribution is -2.13. The van der Waals surface area contributed by atoms with E-state index >= 15 is 0 Å². The van der Waals surface area contributed by atoms with Crippen molar-refractivity contribution in [1.29, 1.82) is 0 Å². The van der Waals surface area contributed by atoms with E-state index in [1.165, 1.54) is 5.56 Å². The van der Waals surface area contributed by atoms with Crippen molar-refractivity contribution < 1.29 is 4.79 Å². The molecule has 2 N–H and O–H groups in total. The fourth-order valence-corrected chi connectivity index (χ4v) is 2.30. The van der Waals surface area contributed by atoms with Gasteiger partial charge in [-0.15, -0.1) is 10.2 Å². The van der Waals surface area contributed by atoms with Gasteiger partial charge in [-0.05, 0) is 55.5 Å². The normalized spacial score (nSPS) is 10.2. The van der Waals surface area contributed by atoms with Crippen molar-refractivity contribution >= 4 is 39.2 Å². The van der Waals surface area contributed by atoms with Gasteiger partial charge in [0.1, 0.15) is 0 Å². The number of aryl methyl sites for hydroxylation is 1.